The number of nitrogens with one attached hydrogen (secondary N) is 1. The summed E-state index contributed by atoms with van der Waals surface area (Å²) in [7, 11) is 0. The second-order valence-electron chi connectivity index (χ2n) is 5.50. The molecule has 4 rings (SSSR count). The van der Waals surface area contributed by atoms with Crippen LogP contribution in [0.2, 0.25) is 0 Å². The van der Waals surface area contributed by atoms with Crippen molar-refractivity contribution in [2.75, 3.05) is 19.6 Å². The molecule has 1 N–H and O–H groups in total. The Morgan fingerprint density at radius 2 is 1.95 bits per heavy atom. The summed E-state index contributed by atoms with van der Waals surface area (Å²) in [6.45, 7) is 3.43. The second-order valence-corrected chi connectivity index (χ2v) is 5.50. The number of fused-ring (bicyclic) bond motifs is 3. The second kappa shape index (κ2) is 5.57. The number of hydrogen-bond donors (Lipinski definition) is 1. The highest BCUT2D eigenvalue weighted by molar-refractivity contribution is 5.91. The van der Waals surface area contributed by atoms with Gasteiger partial charge in [-0.25, -0.2) is 0 Å². The van der Waals surface area contributed by atoms with Crippen molar-refractivity contribution in [1.29, 1.82) is 0 Å². The molecule has 100 valence electrons. The molecule has 0 spiro atoms. The van der Waals surface area contributed by atoms with Gasteiger partial charge >= 0.3 is 0 Å². The lowest BCUT2D eigenvalue weighted by molar-refractivity contribution is -0.118. The van der Waals surface area contributed by atoms with Crippen LogP contribution in [0.3, 0.4) is 0 Å². The van der Waals surface area contributed by atoms with E-state index in [9.17, 15) is 4.79 Å². The number of nitrogens with zero attached hydrogens (tertiary/aromatic N) is 1. The van der Waals surface area contributed by atoms with Gasteiger partial charge in [-0.05, 0) is 43.5 Å². The lowest BCUT2D eigenvalue weighted by Crippen LogP contribution is -2.57. The quantitative estimate of drug-likeness (QED) is 0.838. The monoisotopic (exact) mass is 256 g/mol. The summed E-state index contributed by atoms with van der Waals surface area (Å²) < 4.78 is 0. The average Bonchev–Trinajstić information content (AvgIpc) is 2.47. The van der Waals surface area contributed by atoms with Gasteiger partial charge in [0, 0.05) is 18.7 Å². The topological polar surface area (TPSA) is 32.3 Å². The van der Waals surface area contributed by atoms with Crippen molar-refractivity contribution in [3.63, 3.8) is 0 Å². The third-order valence-corrected chi connectivity index (χ3v) is 4.21. The van der Waals surface area contributed by atoms with E-state index in [0.717, 1.165) is 12.1 Å². The molecule has 3 heterocycles. The van der Waals surface area contributed by atoms with E-state index >= 15 is 0 Å². The number of rotatable bonds is 3. The van der Waals surface area contributed by atoms with E-state index < -0.39 is 0 Å². The fraction of sp³-hybridized carbons (Fsp3) is 0.438. The Bertz CT molecular complexity index is 461. The Labute approximate surface area is 114 Å². The normalized spacial score (nSPS) is 29.6. The SMILES string of the molecule is O=C(C=Cc1ccccc1)NC1CN2CCC1CC2. The van der Waals surface area contributed by atoms with E-state index in [1.54, 1.807) is 6.08 Å². The predicted octanol–water partition coefficient (Wildman–Crippen LogP) is 1.91. The fourth-order valence-electron chi connectivity index (χ4n) is 3.10. The molecular formula is C16H20N2O. The first-order valence-electron chi connectivity index (χ1n) is 7.07. The molecule has 3 heteroatoms. The van der Waals surface area contributed by atoms with Gasteiger partial charge in [0.2, 0.25) is 5.91 Å². The zero-order chi connectivity index (χ0) is 13.1. The molecule has 0 aliphatic carbocycles. The van der Waals surface area contributed by atoms with Crippen molar-refractivity contribution in [3.8, 4) is 0 Å². The lowest BCUT2D eigenvalue weighted by atomic mass is 9.84. The molecule has 0 radical (unpaired) electrons. The molecule has 19 heavy (non-hydrogen) atoms. The van der Waals surface area contributed by atoms with Crippen LogP contribution in [0.4, 0.5) is 0 Å². The Hall–Kier alpha value is -1.61. The summed E-state index contributed by atoms with van der Waals surface area (Å²) in [6.07, 6.45) is 5.98. The molecule has 1 aromatic carbocycles. The highest BCUT2D eigenvalue weighted by atomic mass is 16.1. The summed E-state index contributed by atoms with van der Waals surface area (Å²) in [5, 5.41) is 3.15. The van der Waals surface area contributed by atoms with Gasteiger partial charge in [0.25, 0.3) is 0 Å². The summed E-state index contributed by atoms with van der Waals surface area (Å²) in [6, 6.07) is 10.3. The highest BCUT2D eigenvalue weighted by Gasteiger charge is 2.34. The van der Waals surface area contributed by atoms with Gasteiger partial charge in [-0.2, -0.15) is 0 Å². The maximum absolute atomic E-state index is 11.9. The van der Waals surface area contributed by atoms with Crippen molar-refractivity contribution < 1.29 is 4.79 Å². The van der Waals surface area contributed by atoms with Crippen molar-refractivity contribution in [1.82, 2.24) is 10.2 Å². The van der Waals surface area contributed by atoms with Crippen LogP contribution in [0.5, 0.6) is 0 Å². The van der Waals surface area contributed by atoms with E-state index in [1.807, 2.05) is 36.4 Å². The molecular weight excluding hydrogens is 236 g/mol. The van der Waals surface area contributed by atoms with Gasteiger partial charge in [-0.15, -0.1) is 0 Å². The number of piperidine rings is 3. The Balaban J connectivity index is 1.55. The third-order valence-electron chi connectivity index (χ3n) is 4.21. The van der Waals surface area contributed by atoms with Crippen LogP contribution in [0.25, 0.3) is 6.08 Å². The number of hydrogen-bond acceptors (Lipinski definition) is 2. The minimum absolute atomic E-state index is 0.0302. The van der Waals surface area contributed by atoms with E-state index in [2.05, 4.69) is 10.2 Å². The maximum Gasteiger partial charge on any atom is 0.244 e. The van der Waals surface area contributed by atoms with Crippen LogP contribution in [0.15, 0.2) is 36.4 Å². The Kier molecular flexibility index (Phi) is 3.65. The smallest absolute Gasteiger partial charge is 0.244 e. The van der Waals surface area contributed by atoms with Gasteiger partial charge in [0.05, 0.1) is 0 Å². The van der Waals surface area contributed by atoms with Crippen LogP contribution in [0.1, 0.15) is 18.4 Å². The van der Waals surface area contributed by atoms with Gasteiger partial charge in [0.15, 0.2) is 0 Å². The molecule has 3 nitrogen and oxygen atoms in total. The largest absolute Gasteiger partial charge is 0.348 e. The van der Waals surface area contributed by atoms with Crippen LogP contribution in [-0.4, -0.2) is 36.5 Å². The van der Waals surface area contributed by atoms with Gasteiger partial charge in [0.1, 0.15) is 0 Å². The first-order valence-corrected chi connectivity index (χ1v) is 7.07. The molecule has 1 unspecified atom stereocenters. The molecule has 2 bridgehead atoms. The van der Waals surface area contributed by atoms with Gasteiger partial charge in [-0.3, -0.25) is 4.79 Å². The first-order chi connectivity index (χ1) is 9.31. The molecule has 3 saturated heterocycles. The summed E-state index contributed by atoms with van der Waals surface area (Å²) in [5.41, 5.74) is 1.06. The minimum atomic E-state index is 0.0302. The van der Waals surface area contributed by atoms with Crippen molar-refractivity contribution in [3.05, 3.63) is 42.0 Å². The van der Waals surface area contributed by atoms with Gasteiger partial charge < -0.3 is 10.2 Å². The zero-order valence-corrected chi connectivity index (χ0v) is 11.1. The Morgan fingerprint density at radius 3 is 2.58 bits per heavy atom. The van der Waals surface area contributed by atoms with Crippen molar-refractivity contribution in [2.24, 2.45) is 5.92 Å². The lowest BCUT2D eigenvalue weighted by Gasteiger charge is -2.44. The zero-order valence-electron chi connectivity index (χ0n) is 11.1. The van der Waals surface area contributed by atoms with Crippen molar-refractivity contribution >= 4 is 12.0 Å². The average molecular weight is 256 g/mol. The molecule has 3 fully saturated rings. The van der Waals surface area contributed by atoms with Crippen molar-refractivity contribution in [2.45, 2.75) is 18.9 Å². The Morgan fingerprint density at radius 1 is 1.21 bits per heavy atom. The molecule has 1 amide bonds. The summed E-state index contributed by atoms with van der Waals surface area (Å²) in [5.74, 6) is 0.710. The molecule has 0 saturated carbocycles. The molecule has 1 aromatic rings. The molecule has 3 aliphatic heterocycles. The molecule has 0 aromatic heterocycles. The van der Waals surface area contributed by atoms with E-state index in [4.69, 9.17) is 0 Å². The van der Waals surface area contributed by atoms with Gasteiger partial charge in [-0.1, -0.05) is 30.3 Å². The fourth-order valence-corrected chi connectivity index (χ4v) is 3.10. The van der Waals surface area contributed by atoms with Crippen LogP contribution in [-0.2, 0) is 4.79 Å². The maximum atomic E-state index is 11.9. The molecule has 3 aliphatic rings. The van der Waals surface area contributed by atoms with Crippen LogP contribution >= 0.6 is 0 Å². The number of benzene rings is 1. The third kappa shape index (κ3) is 3.04. The van der Waals surface area contributed by atoms with E-state index in [-0.39, 0.29) is 5.91 Å². The standard InChI is InChI=1S/C16H20N2O/c19-16(7-6-13-4-2-1-3-5-13)17-15-12-18-10-8-14(15)9-11-18/h1-7,14-15H,8-12H2,(H,17,19). The number of amides is 1. The summed E-state index contributed by atoms with van der Waals surface area (Å²) >= 11 is 0. The summed E-state index contributed by atoms with van der Waals surface area (Å²) in [4.78, 5) is 14.4. The minimum Gasteiger partial charge on any atom is -0.348 e. The van der Waals surface area contributed by atoms with E-state index in [0.29, 0.717) is 12.0 Å². The molecule has 1 atom stereocenters. The van der Waals surface area contributed by atoms with Crippen LogP contribution < -0.4 is 5.32 Å². The van der Waals surface area contributed by atoms with Crippen LogP contribution in [0, 0.1) is 5.92 Å². The first kappa shape index (κ1) is 12.4. The highest BCUT2D eigenvalue weighted by Crippen LogP contribution is 2.27. The predicted molar refractivity (Wildman–Crippen MR) is 76.6 cm³/mol. The van der Waals surface area contributed by atoms with E-state index in [1.165, 1.54) is 25.9 Å². The number of carbonyl (C=O) groups excluding carboxylic acids is 1. The number of carbonyl (C=O) groups is 1.